The Kier molecular flexibility index (Phi) is 5.43. The van der Waals surface area contributed by atoms with Crippen molar-refractivity contribution in [2.75, 3.05) is 26.2 Å². The minimum atomic E-state index is -0.204. The van der Waals surface area contributed by atoms with Crippen LogP contribution in [0.2, 0.25) is 0 Å². The van der Waals surface area contributed by atoms with E-state index in [1.165, 1.54) is 0 Å². The van der Waals surface area contributed by atoms with Crippen LogP contribution in [0.3, 0.4) is 0 Å². The number of benzene rings is 1. The number of carbonyl (C=O) groups is 1. The first-order chi connectivity index (χ1) is 11.8. The van der Waals surface area contributed by atoms with Crippen LogP contribution in [0.25, 0.3) is 0 Å². The van der Waals surface area contributed by atoms with Gasteiger partial charge in [-0.3, -0.25) is 4.79 Å². The summed E-state index contributed by atoms with van der Waals surface area (Å²) in [4.78, 5) is 12.3. The second-order valence-electron chi connectivity index (χ2n) is 5.87. The van der Waals surface area contributed by atoms with Gasteiger partial charge in [0.25, 0.3) is 5.91 Å². The minimum Gasteiger partial charge on any atom is -0.492 e. The predicted octanol–water partition coefficient (Wildman–Crippen LogP) is 1.32. The number of ether oxygens (including phenoxy) is 1. The molecule has 1 fully saturated rings. The van der Waals surface area contributed by atoms with Gasteiger partial charge in [-0.2, -0.15) is 0 Å². The van der Waals surface area contributed by atoms with Crippen molar-refractivity contribution in [2.45, 2.75) is 25.8 Å². The van der Waals surface area contributed by atoms with Gasteiger partial charge in [-0.1, -0.05) is 23.4 Å². The molecule has 7 nitrogen and oxygen atoms in total. The lowest BCUT2D eigenvalue weighted by Gasteiger charge is -2.23. The van der Waals surface area contributed by atoms with E-state index in [2.05, 4.69) is 20.9 Å². The Bertz CT molecular complexity index is 665. The van der Waals surface area contributed by atoms with Crippen LogP contribution in [-0.2, 0) is 0 Å². The summed E-state index contributed by atoms with van der Waals surface area (Å²) in [6.45, 7) is 4.69. The zero-order valence-electron chi connectivity index (χ0n) is 13.9. The van der Waals surface area contributed by atoms with E-state index in [0.29, 0.717) is 24.9 Å². The fraction of sp³-hybridized carbons (Fsp3) is 0.471. The lowest BCUT2D eigenvalue weighted by atomic mass is 10.1. The Morgan fingerprint density at radius 2 is 2.08 bits per heavy atom. The number of hydrogen-bond donors (Lipinski definition) is 2. The normalized spacial score (nSPS) is 15.2. The van der Waals surface area contributed by atoms with E-state index in [9.17, 15) is 4.79 Å². The standard InChI is InChI=1S/C17H23N5O2/c1-13-16(20-21-22(13)14-7-9-18-10-8-14)17(23)19-11-12-24-15-5-3-2-4-6-15/h2-6,14,18H,7-12H2,1H3,(H,19,23). The summed E-state index contributed by atoms with van der Waals surface area (Å²) >= 11 is 0. The third kappa shape index (κ3) is 3.91. The summed E-state index contributed by atoms with van der Waals surface area (Å²) in [5.41, 5.74) is 1.22. The van der Waals surface area contributed by atoms with Crippen molar-refractivity contribution in [3.63, 3.8) is 0 Å². The number of nitrogens with zero attached hydrogens (tertiary/aromatic N) is 3. The fourth-order valence-electron chi connectivity index (χ4n) is 2.88. The van der Waals surface area contributed by atoms with Gasteiger partial charge in [0.15, 0.2) is 5.69 Å². The molecule has 0 saturated carbocycles. The number of hydrogen-bond acceptors (Lipinski definition) is 5. The highest BCUT2D eigenvalue weighted by Crippen LogP contribution is 2.20. The predicted molar refractivity (Wildman–Crippen MR) is 90.2 cm³/mol. The molecule has 0 spiro atoms. The Morgan fingerprint density at radius 3 is 2.83 bits per heavy atom. The molecule has 0 radical (unpaired) electrons. The quantitative estimate of drug-likeness (QED) is 0.781. The van der Waals surface area contributed by atoms with Gasteiger partial charge in [-0.15, -0.1) is 5.10 Å². The van der Waals surface area contributed by atoms with Crippen molar-refractivity contribution in [2.24, 2.45) is 0 Å². The van der Waals surface area contributed by atoms with Crippen molar-refractivity contribution >= 4 is 5.91 Å². The number of carbonyl (C=O) groups excluding carboxylic acids is 1. The monoisotopic (exact) mass is 329 g/mol. The molecule has 128 valence electrons. The van der Waals surface area contributed by atoms with Gasteiger partial charge >= 0.3 is 0 Å². The van der Waals surface area contributed by atoms with E-state index in [-0.39, 0.29) is 5.91 Å². The van der Waals surface area contributed by atoms with Gasteiger partial charge in [-0.05, 0) is 45.0 Å². The lowest BCUT2D eigenvalue weighted by molar-refractivity contribution is 0.0941. The van der Waals surface area contributed by atoms with Gasteiger partial charge in [0.05, 0.1) is 18.3 Å². The van der Waals surface area contributed by atoms with Gasteiger partial charge in [0.1, 0.15) is 12.4 Å². The maximum absolute atomic E-state index is 12.3. The molecule has 2 aromatic rings. The Morgan fingerprint density at radius 1 is 1.33 bits per heavy atom. The first-order valence-corrected chi connectivity index (χ1v) is 8.34. The van der Waals surface area contributed by atoms with Gasteiger partial charge in [0.2, 0.25) is 0 Å². The van der Waals surface area contributed by atoms with Crippen LogP contribution in [0.4, 0.5) is 0 Å². The molecule has 1 aliphatic rings. The topological polar surface area (TPSA) is 81.1 Å². The molecule has 1 aromatic heterocycles. The summed E-state index contributed by atoms with van der Waals surface area (Å²) in [5.74, 6) is 0.587. The molecule has 7 heteroatoms. The zero-order chi connectivity index (χ0) is 16.8. The van der Waals surface area contributed by atoms with Gasteiger partial charge in [-0.25, -0.2) is 4.68 Å². The maximum Gasteiger partial charge on any atom is 0.273 e. The summed E-state index contributed by atoms with van der Waals surface area (Å²) in [5, 5.41) is 14.4. The second-order valence-corrected chi connectivity index (χ2v) is 5.87. The van der Waals surface area contributed by atoms with Gasteiger partial charge in [0, 0.05) is 0 Å². The van der Waals surface area contributed by atoms with Crippen molar-refractivity contribution in [3.05, 3.63) is 41.7 Å². The first-order valence-electron chi connectivity index (χ1n) is 8.34. The summed E-state index contributed by atoms with van der Waals surface area (Å²) in [7, 11) is 0. The Labute approximate surface area is 141 Å². The highest BCUT2D eigenvalue weighted by atomic mass is 16.5. The number of rotatable bonds is 6. The molecule has 1 amide bonds. The molecule has 0 bridgehead atoms. The van der Waals surface area contributed by atoms with Crippen molar-refractivity contribution in [1.29, 1.82) is 0 Å². The van der Waals surface area contributed by atoms with Crippen molar-refractivity contribution in [3.8, 4) is 5.75 Å². The van der Waals surface area contributed by atoms with E-state index in [0.717, 1.165) is 37.4 Å². The third-order valence-corrected chi connectivity index (χ3v) is 4.20. The minimum absolute atomic E-state index is 0.204. The molecule has 24 heavy (non-hydrogen) atoms. The molecular weight excluding hydrogens is 306 g/mol. The highest BCUT2D eigenvalue weighted by Gasteiger charge is 2.22. The van der Waals surface area contributed by atoms with Crippen molar-refractivity contribution < 1.29 is 9.53 Å². The molecule has 0 atom stereocenters. The van der Waals surface area contributed by atoms with Crippen LogP contribution < -0.4 is 15.4 Å². The number of nitrogens with one attached hydrogen (secondary N) is 2. The summed E-state index contributed by atoms with van der Waals surface area (Å²) < 4.78 is 7.45. The van der Waals surface area contributed by atoms with E-state index in [1.807, 2.05) is 41.9 Å². The smallest absolute Gasteiger partial charge is 0.273 e. The van der Waals surface area contributed by atoms with Crippen molar-refractivity contribution in [1.82, 2.24) is 25.6 Å². The molecule has 0 aliphatic carbocycles. The first kappa shape index (κ1) is 16.4. The van der Waals surface area contributed by atoms with E-state index >= 15 is 0 Å². The largest absolute Gasteiger partial charge is 0.492 e. The molecule has 1 aliphatic heterocycles. The number of amides is 1. The van der Waals surface area contributed by atoms with Crippen LogP contribution in [-0.4, -0.2) is 47.1 Å². The van der Waals surface area contributed by atoms with Crippen LogP contribution >= 0.6 is 0 Å². The van der Waals surface area contributed by atoms with Crippen LogP contribution in [0.5, 0.6) is 5.75 Å². The summed E-state index contributed by atoms with van der Waals surface area (Å²) in [6.07, 6.45) is 2.02. The molecule has 0 unspecified atom stereocenters. The molecule has 2 heterocycles. The third-order valence-electron chi connectivity index (χ3n) is 4.20. The lowest BCUT2D eigenvalue weighted by Crippen LogP contribution is -2.31. The SMILES string of the molecule is Cc1c(C(=O)NCCOc2ccccc2)nnn1C1CCNCC1. The van der Waals surface area contributed by atoms with Crippen LogP contribution in [0.15, 0.2) is 30.3 Å². The molecular formula is C17H23N5O2. The summed E-state index contributed by atoms with van der Waals surface area (Å²) in [6, 6.07) is 9.85. The van der Waals surface area contributed by atoms with E-state index < -0.39 is 0 Å². The van der Waals surface area contributed by atoms with Gasteiger partial charge < -0.3 is 15.4 Å². The molecule has 1 saturated heterocycles. The average molecular weight is 329 g/mol. The molecule has 1 aromatic carbocycles. The fourth-order valence-corrected chi connectivity index (χ4v) is 2.88. The average Bonchev–Trinajstić information content (AvgIpc) is 3.02. The van der Waals surface area contributed by atoms with Crippen LogP contribution in [0.1, 0.15) is 35.1 Å². The number of para-hydroxylation sites is 1. The molecule has 3 rings (SSSR count). The van der Waals surface area contributed by atoms with E-state index in [4.69, 9.17) is 4.74 Å². The zero-order valence-corrected chi connectivity index (χ0v) is 13.9. The second kappa shape index (κ2) is 7.92. The maximum atomic E-state index is 12.3. The Hall–Kier alpha value is -2.41. The van der Waals surface area contributed by atoms with Crippen LogP contribution in [0, 0.1) is 6.92 Å². The number of piperidine rings is 1. The number of aromatic nitrogens is 3. The highest BCUT2D eigenvalue weighted by molar-refractivity contribution is 5.93. The molecule has 2 N–H and O–H groups in total. The Balaban J connectivity index is 1.51. The van der Waals surface area contributed by atoms with E-state index in [1.54, 1.807) is 0 Å².